The molecule has 0 aliphatic carbocycles. The third-order valence-corrected chi connectivity index (χ3v) is 8.29. The molecule has 2 amide bonds. The van der Waals surface area contributed by atoms with E-state index < -0.39 is 57.7 Å². The van der Waals surface area contributed by atoms with Gasteiger partial charge in [0.05, 0.1) is 52.5 Å². The number of rotatable bonds is 6. The van der Waals surface area contributed by atoms with Crippen molar-refractivity contribution in [1.29, 1.82) is 5.26 Å². The molecule has 13 heteroatoms. The highest BCUT2D eigenvalue weighted by atomic mass is 32.2. The van der Waals surface area contributed by atoms with Crippen molar-refractivity contribution in [1.82, 2.24) is 0 Å². The number of alkyl halides is 6. The smallest absolute Gasteiger partial charge is 0.446 e. The van der Waals surface area contributed by atoms with Crippen LogP contribution in [0.4, 0.5) is 32.0 Å². The van der Waals surface area contributed by atoms with Gasteiger partial charge < -0.3 is 9.47 Å². The van der Waals surface area contributed by atoms with Crippen LogP contribution in [-0.2, 0) is 20.5 Å². The van der Waals surface area contributed by atoms with E-state index in [1.165, 1.54) is 30.3 Å². The third kappa shape index (κ3) is 4.74. The van der Waals surface area contributed by atoms with Crippen LogP contribution < -0.4 is 9.64 Å². The highest BCUT2D eigenvalue weighted by Crippen LogP contribution is 2.62. The molecule has 6 nitrogen and oxygen atoms in total. The number of ether oxygens (including phenoxy) is 2. The van der Waals surface area contributed by atoms with Crippen LogP contribution in [0.5, 0.6) is 5.75 Å². The monoisotopic (exact) mass is 570 g/mol. The number of benzene rings is 2. The summed E-state index contributed by atoms with van der Waals surface area (Å²) in [5.41, 5.74) is -8.64. The van der Waals surface area contributed by atoms with E-state index in [-0.39, 0.29) is 35.4 Å². The number of halogens is 6. The molecule has 3 aliphatic rings. The lowest BCUT2D eigenvalue weighted by atomic mass is 9.67. The lowest BCUT2D eigenvalue weighted by Crippen LogP contribution is -2.43. The Labute approximate surface area is 222 Å². The average Bonchev–Trinajstić information content (AvgIpc) is 3.42. The first kappa shape index (κ1) is 27.3. The van der Waals surface area contributed by atoms with Gasteiger partial charge >= 0.3 is 11.7 Å². The molecule has 0 N–H and O–H groups in total. The topological polar surface area (TPSA) is 79.6 Å². The normalized spacial score (nSPS) is 28.1. The van der Waals surface area contributed by atoms with Gasteiger partial charge in [-0.15, -0.1) is 0 Å². The van der Waals surface area contributed by atoms with Gasteiger partial charge in [0.2, 0.25) is 11.8 Å². The predicted molar refractivity (Wildman–Crippen MR) is 126 cm³/mol. The van der Waals surface area contributed by atoms with E-state index in [1.54, 1.807) is 6.92 Å². The minimum Gasteiger partial charge on any atom is -0.493 e. The Kier molecular flexibility index (Phi) is 6.42. The Morgan fingerprint density at radius 3 is 2.33 bits per heavy atom. The van der Waals surface area contributed by atoms with Crippen LogP contribution in [-0.4, -0.2) is 35.1 Å². The van der Waals surface area contributed by atoms with E-state index in [1.807, 2.05) is 0 Å². The van der Waals surface area contributed by atoms with Crippen molar-refractivity contribution in [3.05, 3.63) is 53.6 Å². The number of carbonyl (C=O) groups excluding carboxylic acids is 2. The Balaban J connectivity index is 1.36. The summed E-state index contributed by atoms with van der Waals surface area (Å²) in [6.45, 7) is 1.73. The Morgan fingerprint density at radius 1 is 1.05 bits per heavy atom. The van der Waals surface area contributed by atoms with Gasteiger partial charge in [0.1, 0.15) is 5.75 Å². The first-order chi connectivity index (χ1) is 18.2. The maximum absolute atomic E-state index is 13.6. The molecule has 5 rings (SSSR count). The number of thioether (sulfide) groups is 1. The van der Waals surface area contributed by atoms with Crippen molar-refractivity contribution in [3.63, 3.8) is 0 Å². The predicted octanol–water partition coefficient (Wildman–Crippen LogP) is 6.09. The second kappa shape index (κ2) is 9.16. The zero-order valence-electron chi connectivity index (χ0n) is 20.2. The Bertz CT molecular complexity index is 1370. The van der Waals surface area contributed by atoms with Crippen LogP contribution in [0.15, 0.2) is 47.4 Å². The SMILES string of the molecule is C[C@@]12CC[C@@](CCOc3ccc(SC(F)(F)F)cc3)(O1)[C@H]1C(=O)N(c3ccc(C#N)c(C(F)(F)F)c3)C(=O)[C@H]12. The van der Waals surface area contributed by atoms with Crippen molar-refractivity contribution in [2.75, 3.05) is 11.5 Å². The molecule has 3 fully saturated rings. The molecule has 0 radical (unpaired) electrons. The van der Waals surface area contributed by atoms with E-state index in [4.69, 9.17) is 14.7 Å². The number of nitrogens with zero attached hydrogens (tertiary/aromatic N) is 2. The molecule has 39 heavy (non-hydrogen) atoms. The summed E-state index contributed by atoms with van der Waals surface area (Å²) in [6.07, 6.45) is -3.81. The lowest BCUT2D eigenvalue weighted by molar-refractivity contribution is -0.138. The highest BCUT2D eigenvalue weighted by molar-refractivity contribution is 8.00. The van der Waals surface area contributed by atoms with Crippen molar-refractivity contribution < 1.29 is 45.4 Å². The van der Waals surface area contributed by atoms with Gasteiger partial charge in [-0.25, -0.2) is 4.90 Å². The van der Waals surface area contributed by atoms with Crippen LogP contribution in [0.2, 0.25) is 0 Å². The number of carbonyl (C=O) groups is 2. The number of anilines is 1. The van der Waals surface area contributed by atoms with E-state index in [0.29, 0.717) is 24.7 Å². The Hall–Kier alpha value is -3.24. The van der Waals surface area contributed by atoms with Gasteiger partial charge in [0.25, 0.3) is 0 Å². The van der Waals surface area contributed by atoms with E-state index in [2.05, 4.69) is 0 Å². The average molecular weight is 571 g/mol. The first-order valence-corrected chi connectivity index (χ1v) is 12.7. The van der Waals surface area contributed by atoms with E-state index >= 15 is 0 Å². The maximum atomic E-state index is 13.6. The summed E-state index contributed by atoms with van der Waals surface area (Å²) in [6, 6.07) is 9.50. The zero-order valence-corrected chi connectivity index (χ0v) is 21.0. The molecule has 2 aromatic carbocycles. The molecular formula is C26H20F6N2O4S. The molecule has 4 atom stereocenters. The summed E-state index contributed by atoms with van der Waals surface area (Å²) in [7, 11) is 0. The molecule has 206 valence electrons. The third-order valence-electron chi connectivity index (χ3n) is 7.55. The molecule has 0 spiro atoms. The Morgan fingerprint density at radius 2 is 1.72 bits per heavy atom. The fraction of sp³-hybridized carbons (Fsp3) is 0.423. The summed E-state index contributed by atoms with van der Waals surface area (Å²) in [5.74, 6) is -2.88. The minimum absolute atomic E-state index is 0.00592. The summed E-state index contributed by atoms with van der Waals surface area (Å²) in [5, 5.41) is 9.07. The molecule has 0 aromatic heterocycles. The number of hydrogen-bond acceptors (Lipinski definition) is 6. The summed E-state index contributed by atoms with van der Waals surface area (Å²) in [4.78, 5) is 27.8. The van der Waals surface area contributed by atoms with E-state index in [0.717, 1.165) is 17.0 Å². The summed E-state index contributed by atoms with van der Waals surface area (Å²) < 4.78 is 90.2. The van der Waals surface area contributed by atoms with Gasteiger partial charge in [-0.3, -0.25) is 9.59 Å². The largest absolute Gasteiger partial charge is 0.493 e. The number of amides is 2. The van der Waals surface area contributed by atoms with Crippen molar-refractivity contribution in [2.45, 2.75) is 54.0 Å². The van der Waals surface area contributed by atoms with Gasteiger partial charge in [-0.1, -0.05) is 0 Å². The summed E-state index contributed by atoms with van der Waals surface area (Å²) >= 11 is -0.253. The number of imide groups is 1. The maximum Gasteiger partial charge on any atom is 0.446 e. The molecular weight excluding hydrogens is 550 g/mol. The molecule has 3 saturated heterocycles. The van der Waals surface area contributed by atoms with Gasteiger partial charge in [-0.05, 0) is 74.0 Å². The second-order valence-electron chi connectivity index (χ2n) is 9.90. The van der Waals surface area contributed by atoms with Crippen LogP contribution in [0.1, 0.15) is 37.3 Å². The molecule has 2 bridgehead atoms. The highest BCUT2D eigenvalue weighted by Gasteiger charge is 2.73. The number of nitriles is 1. The first-order valence-electron chi connectivity index (χ1n) is 11.9. The molecule has 0 saturated carbocycles. The van der Waals surface area contributed by atoms with Crippen molar-refractivity contribution >= 4 is 29.3 Å². The van der Waals surface area contributed by atoms with Crippen molar-refractivity contribution in [2.24, 2.45) is 11.8 Å². The fourth-order valence-corrected chi connectivity index (χ4v) is 6.49. The lowest BCUT2D eigenvalue weighted by Gasteiger charge is -2.31. The quantitative estimate of drug-likeness (QED) is 0.238. The standard InChI is InChI=1S/C26H20F6N2O4S/c1-23-8-9-24(38-23,10-11-37-16-4-6-17(7-5-16)39-26(30,31)32)20-19(23)21(35)34(22(20)36)15-3-2-14(13-33)18(12-15)25(27,28)29/h2-7,12,19-20H,8-11H2,1H3/t19-,20+,23-,24-/m0/s1. The van der Waals surface area contributed by atoms with Crippen LogP contribution in [0.3, 0.4) is 0 Å². The van der Waals surface area contributed by atoms with E-state index in [9.17, 15) is 35.9 Å². The van der Waals surface area contributed by atoms with Crippen LogP contribution >= 0.6 is 11.8 Å². The molecule has 2 aromatic rings. The fourth-order valence-electron chi connectivity index (χ4n) is 5.95. The second-order valence-corrected chi connectivity index (χ2v) is 11.0. The van der Waals surface area contributed by atoms with Gasteiger partial charge in [0, 0.05) is 11.3 Å². The zero-order chi connectivity index (χ0) is 28.4. The van der Waals surface area contributed by atoms with Gasteiger partial charge in [-0.2, -0.15) is 31.6 Å². The van der Waals surface area contributed by atoms with Gasteiger partial charge in [0.15, 0.2) is 0 Å². The molecule has 3 heterocycles. The van der Waals surface area contributed by atoms with Crippen molar-refractivity contribution in [3.8, 4) is 11.8 Å². The minimum atomic E-state index is -4.86. The van der Waals surface area contributed by atoms with Crippen LogP contribution in [0.25, 0.3) is 0 Å². The van der Waals surface area contributed by atoms with Crippen LogP contribution in [0, 0.1) is 23.2 Å². The molecule has 0 unspecified atom stereocenters. The molecule has 3 aliphatic heterocycles. The number of fused-ring (bicyclic) bond motifs is 5. The number of hydrogen-bond donors (Lipinski definition) is 0.